The molecule has 0 N–H and O–H groups in total. The Labute approximate surface area is 169 Å². The van der Waals surface area contributed by atoms with E-state index in [1.54, 1.807) is 11.3 Å². The van der Waals surface area contributed by atoms with Crippen LogP contribution in [0.4, 0.5) is 0 Å². The first-order valence-corrected chi connectivity index (χ1v) is 11.3. The van der Waals surface area contributed by atoms with Gasteiger partial charge < -0.3 is 0 Å². The van der Waals surface area contributed by atoms with Crippen molar-refractivity contribution in [3.05, 3.63) is 62.0 Å². The van der Waals surface area contributed by atoms with Crippen LogP contribution >= 0.6 is 11.3 Å². The van der Waals surface area contributed by atoms with Crippen LogP contribution in [0.3, 0.4) is 0 Å². The van der Waals surface area contributed by atoms with E-state index in [1.807, 2.05) is 4.57 Å². The van der Waals surface area contributed by atoms with Crippen LogP contribution in [0.5, 0.6) is 0 Å². The van der Waals surface area contributed by atoms with E-state index in [1.165, 1.54) is 47.3 Å². The Bertz CT molecular complexity index is 1080. The second-order valence-electron chi connectivity index (χ2n) is 8.22. The van der Waals surface area contributed by atoms with Gasteiger partial charge in [0.25, 0.3) is 5.56 Å². The van der Waals surface area contributed by atoms with E-state index in [9.17, 15) is 4.79 Å². The molecular weight excluding hydrogens is 366 g/mol. The van der Waals surface area contributed by atoms with E-state index in [-0.39, 0.29) is 5.56 Å². The Morgan fingerprint density at radius 2 is 1.82 bits per heavy atom. The molecule has 1 fully saturated rings. The monoisotopic (exact) mass is 393 g/mol. The van der Waals surface area contributed by atoms with Gasteiger partial charge in [0, 0.05) is 4.88 Å². The maximum atomic E-state index is 13.7. The van der Waals surface area contributed by atoms with Gasteiger partial charge in [-0.15, -0.1) is 11.3 Å². The smallest absolute Gasteiger partial charge is 0.262 e. The van der Waals surface area contributed by atoms with Crippen molar-refractivity contribution in [2.45, 2.75) is 58.5 Å². The molecule has 1 saturated heterocycles. The quantitative estimate of drug-likeness (QED) is 0.664. The van der Waals surface area contributed by atoms with Crippen molar-refractivity contribution in [2.24, 2.45) is 0 Å². The first-order valence-electron chi connectivity index (χ1n) is 10.5. The molecule has 0 unspecified atom stereocenters. The van der Waals surface area contributed by atoms with Crippen molar-refractivity contribution in [1.82, 2.24) is 14.5 Å². The van der Waals surface area contributed by atoms with Crippen LogP contribution in [-0.4, -0.2) is 27.5 Å². The molecule has 5 rings (SSSR count). The third-order valence-corrected chi connectivity index (χ3v) is 7.49. The molecule has 0 amide bonds. The van der Waals surface area contributed by atoms with E-state index in [4.69, 9.17) is 4.98 Å². The van der Waals surface area contributed by atoms with Crippen molar-refractivity contribution < 1.29 is 0 Å². The molecule has 0 saturated carbocycles. The van der Waals surface area contributed by atoms with Crippen molar-refractivity contribution in [1.29, 1.82) is 0 Å². The summed E-state index contributed by atoms with van der Waals surface area (Å²) in [6, 6.07) is 8.38. The number of likely N-dealkylation sites (tertiary alicyclic amines) is 1. The molecule has 4 nitrogen and oxygen atoms in total. The molecule has 1 aliphatic heterocycles. The summed E-state index contributed by atoms with van der Waals surface area (Å²) in [5.74, 6) is 0.932. The fraction of sp³-hybridized carbons (Fsp3) is 0.478. The summed E-state index contributed by atoms with van der Waals surface area (Å²) in [4.78, 5) is 23.6. The van der Waals surface area contributed by atoms with E-state index in [2.05, 4.69) is 36.1 Å². The Hall–Kier alpha value is -1.98. The van der Waals surface area contributed by atoms with Gasteiger partial charge in [-0.1, -0.05) is 24.3 Å². The molecule has 1 aromatic carbocycles. The van der Waals surface area contributed by atoms with Gasteiger partial charge in [0.15, 0.2) is 0 Å². The van der Waals surface area contributed by atoms with Gasteiger partial charge >= 0.3 is 0 Å². The van der Waals surface area contributed by atoms with Gasteiger partial charge in [-0.3, -0.25) is 14.3 Å². The summed E-state index contributed by atoms with van der Waals surface area (Å²) < 4.78 is 1.96. The van der Waals surface area contributed by atoms with E-state index < -0.39 is 0 Å². The van der Waals surface area contributed by atoms with Crippen LogP contribution in [0.15, 0.2) is 29.1 Å². The van der Waals surface area contributed by atoms with Gasteiger partial charge in [-0.05, 0) is 75.2 Å². The standard InChI is InChI=1S/C23H27N3OS/c1-16-8-2-3-9-17(16)14-26-20(15-25-12-6-7-13-25)24-22-21(23(26)27)18-10-4-5-11-19(18)28-22/h2-3,8-9H,4-7,10-15H2,1H3. The first-order chi connectivity index (χ1) is 13.7. The zero-order valence-corrected chi connectivity index (χ0v) is 17.4. The Morgan fingerprint density at radius 3 is 2.64 bits per heavy atom. The zero-order valence-electron chi connectivity index (χ0n) is 16.5. The lowest BCUT2D eigenvalue weighted by atomic mass is 9.97. The van der Waals surface area contributed by atoms with Gasteiger partial charge in [-0.25, -0.2) is 4.98 Å². The number of hydrogen-bond acceptors (Lipinski definition) is 4. The number of benzene rings is 1. The third-order valence-electron chi connectivity index (χ3n) is 6.31. The number of aryl methyl sites for hydroxylation is 3. The highest BCUT2D eigenvalue weighted by Crippen LogP contribution is 2.34. The molecule has 3 aromatic rings. The highest BCUT2D eigenvalue weighted by Gasteiger charge is 2.23. The number of rotatable bonds is 4. The van der Waals surface area contributed by atoms with E-state index in [0.29, 0.717) is 6.54 Å². The van der Waals surface area contributed by atoms with Gasteiger partial charge in [-0.2, -0.15) is 0 Å². The minimum atomic E-state index is 0.168. The summed E-state index contributed by atoms with van der Waals surface area (Å²) in [6.45, 7) is 5.74. The summed E-state index contributed by atoms with van der Waals surface area (Å²) >= 11 is 1.76. The average molecular weight is 394 g/mol. The lowest BCUT2D eigenvalue weighted by molar-refractivity contribution is 0.315. The van der Waals surface area contributed by atoms with E-state index in [0.717, 1.165) is 48.5 Å². The molecule has 3 heterocycles. The van der Waals surface area contributed by atoms with Crippen molar-refractivity contribution in [3.63, 3.8) is 0 Å². The normalized spacial score (nSPS) is 17.3. The Kier molecular flexibility index (Phi) is 4.81. The predicted octanol–water partition coefficient (Wildman–Crippen LogP) is 4.29. The minimum absolute atomic E-state index is 0.168. The first kappa shape index (κ1) is 18.1. The summed E-state index contributed by atoms with van der Waals surface area (Å²) in [5, 5.41) is 0.901. The molecule has 2 aliphatic rings. The second kappa shape index (κ2) is 7.45. The zero-order chi connectivity index (χ0) is 19.1. The summed E-state index contributed by atoms with van der Waals surface area (Å²) in [7, 11) is 0. The van der Waals surface area contributed by atoms with Crippen LogP contribution in [0, 0.1) is 6.92 Å². The van der Waals surface area contributed by atoms with Gasteiger partial charge in [0.1, 0.15) is 10.7 Å². The van der Waals surface area contributed by atoms with Gasteiger partial charge in [0.2, 0.25) is 0 Å². The fourth-order valence-electron chi connectivity index (χ4n) is 4.66. The number of hydrogen-bond donors (Lipinski definition) is 0. The largest absolute Gasteiger partial charge is 0.296 e. The van der Waals surface area contributed by atoms with Crippen LogP contribution in [0.2, 0.25) is 0 Å². The third kappa shape index (κ3) is 3.20. The number of thiophene rings is 1. The molecule has 0 spiro atoms. The maximum Gasteiger partial charge on any atom is 0.262 e. The fourth-order valence-corrected chi connectivity index (χ4v) is 5.93. The van der Waals surface area contributed by atoms with Crippen molar-refractivity contribution >= 4 is 21.6 Å². The molecule has 28 heavy (non-hydrogen) atoms. The van der Waals surface area contributed by atoms with E-state index >= 15 is 0 Å². The molecule has 2 aromatic heterocycles. The number of aromatic nitrogens is 2. The van der Waals surface area contributed by atoms with Crippen LogP contribution in [0.25, 0.3) is 10.2 Å². The molecule has 0 bridgehead atoms. The Balaban J connectivity index is 1.66. The van der Waals surface area contributed by atoms with Crippen molar-refractivity contribution in [3.8, 4) is 0 Å². The number of fused-ring (bicyclic) bond motifs is 3. The lowest BCUT2D eigenvalue weighted by Gasteiger charge is -2.19. The maximum absolute atomic E-state index is 13.7. The van der Waals surface area contributed by atoms with Crippen LogP contribution in [-0.2, 0) is 25.9 Å². The minimum Gasteiger partial charge on any atom is -0.296 e. The highest BCUT2D eigenvalue weighted by atomic mass is 32.1. The van der Waals surface area contributed by atoms with Crippen LogP contribution in [0.1, 0.15) is 53.1 Å². The Morgan fingerprint density at radius 1 is 1.04 bits per heavy atom. The molecule has 5 heteroatoms. The summed E-state index contributed by atoms with van der Waals surface area (Å²) in [5.41, 5.74) is 3.89. The molecule has 0 radical (unpaired) electrons. The molecule has 146 valence electrons. The number of nitrogens with zero attached hydrogens (tertiary/aromatic N) is 3. The topological polar surface area (TPSA) is 38.1 Å². The summed E-state index contributed by atoms with van der Waals surface area (Å²) in [6.07, 6.45) is 7.05. The molecular formula is C23H27N3OS. The second-order valence-corrected chi connectivity index (χ2v) is 9.30. The average Bonchev–Trinajstić information content (AvgIpc) is 3.33. The highest BCUT2D eigenvalue weighted by molar-refractivity contribution is 7.18. The van der Waals surface area contributed by atoms with Gasteiger partial charge in [0.05, 0.1) is 18.5 Å². The lowest BCUT2D eigenvalue weighted by Crippen LogP contribution is -2.30. The van der Waals surface area contributed by atoms with Crippen molar-refractivity contribution in [2.75, 3.05) is 13.1 Å². The van der Waals surface area contributed by atoms with Crippen LogP contribution < -0.4 is 5.56 Å². The molecule has 1 aliphatic carbocycles. The molecule has 0 atom stereocenters. The predicted molar refractivity (Wildman–Crippen MR) is 115 cm³/mol. The SMILES string of the molecule is Cc1ccccc1Cn1c(CN2CCCC2)nc2sc3c(c2c1=O)CCCC3.